The van der Waals surface area contributed by atoms with Gasteiger partial charge in [-0.05, 0) is 29.7 Å². The first-order chi connectivity index (χ1) is 12.7. The van der Waals surface area contributed by atoms with E-state index in [-0.39, 0.29) is 5.92 Å². The van der Waals surface area contributed by atoms with E-state index in [4.69, 9.17) is 14.2 Å². The van der Waals surface area contributed by atoms with Gasteiger partial charge < -0.3 is 14.2 Å². The van der Waals surface area contributed by atoms with Gasteiger partial charge in [0, 0.05) is 19.4 Å². The van der Waals surface area contributed by atoms with Gasteiger partial charge in [0.05, 0.1) is 19.8 Å². The monoisotopic (exact) mass is 350 g/mol. The van der Waals surface area contributed by atoms with Crippen molar-refractivity contribution in [3.05, 3.63) is 84.0 Å². The zero-order chi connectivity index (χ0) is 18.4. The number of hydrogen-bond acceptors (Lipinski definition) is 3. The minimum absolute atomic E-state index is 0.193. The molecular formula is C23H26O3. The Hall–Kier alpha value is -2.52. The second-order valence-electron chi connectivity index (χ2n) is 6.51. The highest BCUT2D eigenvalue weighted by molar-refractivity contribution is 5.39. The van der Waals surface area contributed by atoms with Gasteiger partial charge in [0.2, 0.25) is 0 Å². The van der Waals surface area contributed by atoms with E-state index < -0.39 is 5.60 Å². The first-order valence-corrected chi connectivity index (χ1v) is 8.87. The van der Waals surface area contributed by atoms with Gasteiger partial charge in [-0.2, -0.15) is 0 Å². The molecule has 2 unspecified atom stereocenters. The number of para-hydroxylation sites is 2. The molecule has 0 heterocycles. The molecular weight excluding hydrogens is 324 g/mol. The molecule has 0 fully saturated rings. The molecule has 3 rings (SSSR count). The zero-order valence-corrected chi connectivity index (χ0v) is 15.6. The van der Waals surface area contributed by atoms with Crippen molar-refractivity contribution in [1.82, 2.24) is 0 Å². The van der Waals surface area contributed by atoms with Gasteiger partial charge in [-0.3, -0.25) is 0 Å². The second kappa shape index (κ2) is 8.24. The fraction of sp³-hybridized carbons (Fsp3) is 0.304. The fourth-order valence-corrected chi connectivity index (χ4v) is 3.68. The van der Waals surface area contributed by atoms with E-state index in [0.717, 1.165) is 29.9 Å². The quantitative estimate of drug-likeness (QED) is 0.729. The Bertz CT molecular complexity index is 794. The van der Waals surface area contributed by atoms with Crippen LogP contribution in [0.4, 0.5) is 0 Å². The van der Waals surface area contributed by atoms with Crippen molar-refractivity contribution >= 4 is 0 Å². The van der Waals surface area contributed by atoms with E-state index in [2.05, 4.69) is 42.5 Å². The van der Waals surface area contributed by atoms with Gasteiger partial charge in [0.1, 0.15) is 11.5 Å². The fourth-order valence-electron chi connectivity index (χ4n) is 3.68. The third kappa shape index (κ3) is 3.68. The molecule has 0 saturated carbocycles. The first-order valence-electron chi connectivity index (χ1n) is 8.87. The molecule has 3 heteroatoms. The van der Waals surface area contributed by atoms with Crippen molar-refractivity contribution in [3.63, 3.8) is 0 Å². The largest absolute Gasteiger partial charge is 0.496 e. The number of ether oxygens (including phenoxy) is 3. The summed E-state index contributed by atoms with van der Waals surface area (Å²) in [5.41, 5.74) is 1.90. The van der Waals surface area contributed by atoms with Crippen LogP contribution in [0.25, 0.3) is 0 Å². The molecule has 0 amide bonds. The van der Waals surface area contributed by atoms with E-state index in [9.17, 15) is 0 Å². The lowest BCUT2D eigenvalue weighted by molar-refractivity contribution is -0.00369. The Morgan fingerprint density at radius 1 is 0.808 bits per heavy atom. The number of rotatable bonds is 7. The van der Waals surface area contributed by atoms with Gasteiger partial charge in [0.15, 0.2) is 0 Å². The van der Waals surface area contributed by atoms with Crippen LogP contribution in [-0.2, 0) is 17.6 Å². The van der Waals surface area contributed by atoms with E-state index in [0.29, 0.717) is 0 Å². The van der Waals surface area contributed by atoms with Crippen molar-refractivity contribution in [2.24, 2.45) is 5.92 Å². The molecule has 136 valence electrons. The van der Waals surface area contributed by atoms with Gasteiger partial charge >= 0.3 is 0 Å². The molecule has 0 N–H and O–H groups in total. The van der Waals surface area contributed by atoms with E-state index in [1.165, 1.54) is 5.56 Å². The molecule has 0 saturated heterocycles. The maximum Gasteiger partial charge on any atom is 0.122 e. The summed E-state index contributed by atoms with van der Waals surface area (Å²) in [5.74, 6) is 2.00. The highest BCUT2D eigenvalue weighted by Crippen LogP contribution is 2.37. The van der Waals surface area contributed by atoms with Gasteiger partial charge in [-0.25, -0.2) is 0 Å². The summed E-state index contributed by atoms with van der Waals surface area (Å²) in [6, 6.07) is 16.3. The molecule has 2 aromatic rings. The predicted molar refractivity (Wildman–Crippen MR) is 105 cm³/mol. The molecule has 0 bridgehead atoms. The Morgan fingerprint density at radius 3 is 2.08 bits per heavy atom. The van der Waals surface area contributed by atoms with Crippen molar-refractivity contribution < 1.29 is 14.2 Å². The Balaban J connectivity index is 1.93. The lowest BCUT2D eigenvalue weighted by Gasteiger charge is -2.38. The van der Waals surface area contributed by atoms with E-state index in [1.807, 2.05) is 30.3 Å². The summed E-state index contributed by atoms with van der Waals surface area (Å²) < 4.78 is 17.2. The zero-order valence-electron chi connectivity index (χ0n) is 15.6. The van der Waals surface area contributed by atoms with E-state index in [1.54, 1.807) is 21.3 Å². The average molecular weight is 350 g/mol. The predicted octanol–water partition coefficient (Wildman–Crippen LogP) is 4.62. The van der Waals surface area contributed by atoms with Crippen LogP contribution >= 0.6 is 0 Å². The Labute approximate surface area is 155 Å². The normalized spacial score (nSPS) is 21.6. The summed E-state index contributed by atoms with van der Waals surface area (Å²) >= 11 is 0. The standard InChI is InChI=1S/C23H26O3/c1-24-21-13-6-4-10-18(21)16-20-12-8-9-15-23(20,26-3)17-19-11-5-7-14-22(19)25-2/h4-15,20H,16-17H2,1-3H3. The Kier molecular flexibility index (Phi) is 5.79. The number of hydrogen-bond donors (Lipinski definition) is 0. The van der Waals surface area contributed by atoms with Crippen LogP contribution in [0.15, 0.2) is 72.8 Å². The van der Waals surface area contributed by atoms with Crippen LogP contribution in [-0.4, -0.2) is 26.9 Å². The molecule has 0 aromatic heterocycles. The third-order valence-corrected chi connectivity index (χ3v) is 5.13. The highest BCUT2D eigenvalue weighted by atomic mass is 16.5. The molecule has 2 atom stereocenters. The van der Waals surface area contributed by atoms with Crippen LogP contribution < -0.4 is 9.47 Å². The molecule has 2 aromatic carbocycles. The van der Waals surface area contributed by atoms with Gasteiger partial charge in [0.25, 0.3) is 0 Å². The molecule has 0 radical (unpaired) electrons. The molecule has 0 spiro atoms. The topological polar surface area (TPSA) is 27.7 Å². The van der Waals surface area contributed by atoms with Crippen molar-refractivity contribution in [1.29, 1.82) is 0 Å². The summed E-state index contributed by atoms with van der Waals surface area (Å²) in [5, 5.41) is 0. The summed E-state index contributed by atoms with van der Waals surface area (Å²) in [6.45, 7) is 0. The van der Waals surface area contributed by atoms with Crippen LogP contribution in [0.5, 0.6) is 11.5 Å². The first kappa shape index (κ1) is 18.3. The molecule has 1 aliphatic rings. The SMILES string of the molecule is COc1ccccc1CC1C=CC=CC1(Cc1ccccc1OC)OC. The molecule has 0 aliphatic heterocycles. The van der Waals surface area contributed by atoms with Gasteiger partial charge in [-0.1, -0.05) is 60.7 Å². The van der Waals surface area contributed by atoms with Crippen molar-refractivity contribution in [2.75, 3.05) is 21.3 Å². The van der Waals surface area contributed by atoms with Crippen molar-refractivity contribution in [2.45, 2.75) is 18.4 Å². The molecule has 26 heavy (non-hydrogen) atoms. The minimum Gasteiger partial charge on any atom is -0.496 e. The molecule has 3 nitrogen and oxygen atoms in total. The lowest BCUT2D eigenvalue weighted by atomic mass is 9.76. The van der Waals surface area contributed by atoms with E-state index >= 15 is 0 Å². The number of benzene rings is 2. The number of methoxy groups -OCH3 is 3. The average Bonchev–Trinajstić information content (AvgIpc) is 2.70. The highest BCUT2D eigenvalue weighted by Gasteiger charge is 2.37. The summed E-state index contributed by atoms with van der Waals surface area (Å²) in [6.07, 6.45) is 10.1. The smallest absolute Gasteiger partial charge is 0.122 e. The summed E-state index contributed by atoms with van der Waals surface area (Å²) in [4.78, 5) is 0. The number of allylic oxidation sites excluding steroid dienone is 2. The maximum atomic E-state index is 6.11. The van der Waals surface area contributed by atoms with Crippen LogP contribution in [0, 0.1) is 5.92 Å². The van der Waals surface area contributed by atoms with Crippen LogP contribution in [0.2, 0.25) is 0 Å². The van der Waals surface area contributed by atoms with Crippen LogP contribution in [0.3, 0.4) is 0 Å². The second-order valence-corrected chi connectivity index (χ2v) is 6.51. The van der Waals surface area contributed by atoms with Crippen LogP contribution in [0.1, 0.15) is 11.1 Å². The third-order valence-electron chi connectivity index (χ3n) is 5.13. The van der Waals surface area contributed by atoms with Crippen molar-refractivity contribution in [3.8, 4) is 11.5 Å². The molecule has 1 aliphatic carbocycles. The minimum atomic E-state index is -0.426. The lowest BCUT2D eigenvalue weighted by Crippen LogP contribution is -2.41. The summed E-state index contributed by atoms with van der Waals surface area (Å²) in [7, 11) is 5.21. The van der Waals surface area contributed by atoms with Gasteiger partial charge in [-0.15, -0.1) is 0 Å². The Morgan fingerprint density at radius 2 is 1.42 bits per heavy atom. The maximum absolute atomic E-state index is 6.11.